The van der Waals surface area contributed by atoms with Crippen LogP contribution in [-0.4, -0.2) is 36.7 Å². The van der Waals surface area contributed by atoms with Crippen LogP contribution in [0.2, 0.25) is 0 Å². The van der Waals surface area contributed by atoms with E-state index < -0.39 is 17.5 Å². The predicted molar refractivity (Wildman–Crippen MR) is 114 cm³/mol. The predicted octanol–water partition coefficient (Wildman–Crippen LogP) is 4.29. The molecule has 1 atom stereocenters. The Bertz CT molecular complexity index is 1000. The molecular weight excluding hydrogens is 385 g/mol. The van der Waals surface area contributed by atoms with Gasteiger partial charge in [-0.25, -0.2) is 4.39 Å². The lowest BCUT2D eigenvalue weighted by atomic mass is 9.80. The molecule has 0 spiro atoms. The van der Waals surface area contributed by atoms with Crippen LogP contribution in [0.15, 0.2) is 71.7 Å². The molecule has 0 saturated carbocycles. The van der Waals surface area contributed by atoms with Gasteiger partial charge < -0.3 is 19.7 Å². The van der Waals surface area contributed by atoms with Crippen LogP contribution in [-0.2, 0) is 5.60 Å². The van der Waals surface area contributed by atoms with Crippen molar-refractivity contribution >= 4 is 6.21 Å². The molecular formula is C24H24FNO4. The lowest BCUT2D eigenvalue weighted by molar-refractivity contribution is 0.0538. The van der Waals surface area contributed by atoms with Gasteiger partial charge in [-0.2, -0.15) is 0 Å². The molecule has 30 heavy (non-hydrogen) atoms. The highest BCUT2D eigenvalue weighted by molar-refractivity contribution is 5.83. The van der Waals surface area contributed by atoms with E-state index in [4.69, 9.17) is 9.47 Å². The van der Waals surface area contributed by atoms with Gasteiger partial charge in [-0.3, -0.25) is 4.99 Å². The standard InChI is InChI=1S/C24H24FNO4/c1-16(26-15-17-14-18(25)12-13-21(17)27)24(28,19-8-4-6-10-22(19)29-2)20-9-5-7-11-23(20)30-3/h4-16,27-28H,1-3H3/t16-/m1/s1. The Kier molecular flexibility index (Phi) is 6.37. The van der Waals surface area contributed by atoms with Crippen molar-refractivity contribution in [3.8, 4) is 17.2 Å². The van der Waals surface area contributed by atoms with Gasteiger partial charge in [0.25, 0.3) is 0 Å². The molecule has 0 fully saturated rings. The molecule has 2 N–H and O–H groups in total. The molecule has 0 aliphatic carbocycles. The Morgan fingerprint density at radius 1 is 0.933 bits per heavy atom. The molecule has 0 aliphatic heterocycles. The lowest BCUT2D eigenvalue weighted by Crippen LogP contribution is -2.38. The number of methoxy groups -OCH3 is 2. The van der Waals surface area contributed by atoms with Crippen LogP contribution in [0.3, 0.4) is 0 Å². The summed E-state index contributed by atoms with van der Waals surface area (Å²) >= 11 is 0. The van der Waals surface area contributed by atoms with Crippen LogP contribution in [0.25, 0.3) is 0 Å². The summed E-state index contributed by atoms with van der Waals surface area (Å²) < 4.78 is 24.6. The highest BCUT2D eigenvalue weighted by Gasteiger charge is 2.42. The van der Waals surface area contributed by atoms with Gasteiger partial charge >= 0.3 is 0 Å². The van der Waals surface area contributed by atoms with E-state index in [-0.39, 0.29) is 11.3 Å². The largest absolute Gasteiger partial charge is 0.507 e. The number of para-hydroxylation sites is 2. The maximum atomic E-state index is 13.6. The number of phenolic OH excluding ortho intramolecular Hbond substituents is 1. The first kappa shape index (κ1) is 21.3. The van der Waals surface area contributed by atoms with Gasteiger partial charge in [0.1, 0.15) is 28.7 Å². The monoisotopic (exact) mass is 409 g/mol. The molecule has 3 rings (SSSR count). The zero-order chi connectivity index (χ0) is 21.7. The van der Waals surface area contributed by atoms with Crippen LogP contribution in [0.5, 0.6) is 17.2 Å². The summed E-state index contributed by atoms with van der Waals surface area (Å²) in [6.45, 7) is 1.73. The maximum Gasteiger partial charge on any atom is 0.144 e. The third kappa shape index (κ3) is 4.00. The van der Waals surface area contributed by atoms with Gasteiger partial charge in [-0.15, -0.1) is 0 Å². The van der Waals surface area contributed by atoms with E-state index in [9.17, 15) is 14.6 Å². The molecule has 0 aromatic heterocycles. The minimum Gasteiger partial charge on any atom is -0.507 e. The van der Waals surface area contributed by atoms with Crippen LogP contribution in [0.4, 0.5) is 4.39 Å². The highest BCUT2D eigenvalue weighted by Crippen LogP contribution is 2.43. The van der Waals surface area contributed by atoms with Crippen molar-refractivity contribution < 1.29 is 24.1 Å². The van der Waals surface area contributed by atoms with Crippen LogP contribution >= 0.6 is 0 Å². The fourth-order valence-electron chi connectivity index (χ4n) is 3.44. The average molecular weight is 409 g/mol. The van der Waals surface area contributed by atoms with Gasteiger partial charge in [0.2, 0.25) is 0 Å². The average Bonchev–Trinajstić information content (AvgIpc) is 2.78. The van der Waals surface area contributed by atoms with Gasteiger partial charge in [0.05, 0.1) is 20.3 Å². The first-order chi connectivity index (χ1) is 14.4. The molecule has 0 heterocycles. The molecule has 3 aromatic rings. The topological polar surface area (TPSA) is 71.3 Å². The molecule has 0 unspecified atom stereocenters. The second kappa shape index (κ2) is 8.97. The molecule has 6 heteroatoms. The summed E-state index contributed by atoms with van der Waals surface area (Å²) in [5.41, 5.74) is -0.405. The Labute approximate surface area is 175 Å². The van der Waals surface area contributed by atoms with Crippen LogP contribution in [0, 0.1) is 5.82 Å². The van der Waals surface area contributed by atoms with Crippen molar-refractivity contribution in [3.05, 3.63) is 89.2 Å². The number of hydrogen-bond donors (Lipinski definition) is 2. The maximum absolute atomic E-state index is 13.6. The van der Waals surface area contributed by atoms with E-state index in [0.29, 0.717) is 22.6 Å². The molecule has 3 aromatic carbocycles. The number of aliphatic hydroxyl groups is 1. The van der Waals surface area contributed by atoms with Crippen molar-refractivity contribution in [2.24, 2.45) is 4.99 Å². The molecule has 156 valence electrons. The third-order valence-corrected chi connectivity index (χ3v) is 5.07. The number of benzene rings is 3. The zero-order valence-electron chi connectivity index (χ0n) is 17.0. The summed E-state index contributed by atoms with van der Waals surface area (Å²) in [7, 11) is 3.06. The van der Waals surface area contributed by atoms with Gasteiger partial charge in [0.15, 0.2) is 0 Å². The minimum absolute atomic E-state index is 0.106. The highest BCUT2D eigenvalue weighted by atomic mass is 19.1. The molecule has 0 amide bonds. The van der Waals surface area contributed by atoms with E-state index in [1.54, 1.807) is 43.3 Å². The number of phenols is 1. The van der Waals surface area contributed by atoms with E-state index in [1.807, 2.05) is 12.1 Å². The fourth-order valence-corrected chi connectivity index (χ4v) is 3.44. The van der Waals surface area contributed by atoms with Crippen molar-refractivity contribution in [1.29, 1.82) is 0 Å². The van der Waals surface area contributed by atoms with Gasteiger partial charge in [-0.05, 0) is 37.3 Å². The fraction of sp³-hybridized carbons (Fsp3) is 0.208. The van der Waals surface area contributed by atoms with E-state index >= 15 is 0 Å². The normalized spacial score (nSPS) is 12.7. The molecule has 0 radical (unpaired) electrons. The minimum atomic E-state index is -1.63. The van der Waals surface area contributed by atoms with E-state index in [1.165, 1.54) is 32.6 Å². The number of aliphatic imine (C=N–C) groups is 1. The lowest BCUT2D eigenvalue weighted by Gasteiger charge is -2.35. The van der Waals surface area contributed by atoms with Crippen molar-refractivity contribution in [2.45, 2.75) is 18.6 Å². The van der Waals surface area contributed by atoms with Crippen molar-refractivity contribution in [1.82, 2.24) is 0 Å². The second-order valence-corrected chi connectivity index (χ2v) is 6.82. The smallest absolute Gasteiger partial charge is 0.144 e. The SMILES string of the molecule is COc1ccccc1C(O)(c1ccccc1OC)[C@@H](C)N=Cc1cc(F)ccc1O. The quantitative estimate of drug-likeness (QED) is 0.571. The summed E-state index contributed by atoms with van der Waals surface area (Å²) in [6.07, 6.45) is 1.35. The third-order valence-electron chi connectivity index (χ3n) is 5.07. The first-order valence-corrected chi connectivity index (χ1v) is 9.42. The Morgan fingerprint density at radius 3 is 2.00 bits per heavy atom. The number of aromatic hydroxyl groups is 1. The molecule has 0 aliphatic rings. The van der Waals surface area contributed by atoms with Crippen molar-refractivity contribution in [2.75, 3.05) is 14.2 Å². The van der Waals surface area contributed by atoms with E-state index in [0.717, 1.165) is 6.07 Å². The summed E-state index contributed by atoms with van der Waals surface area (Å²) in [5, 5.41) is 22.0. The number of halogens is 1. The van der Waals surface area contributed by atoms with Crippen LogP contribution in [0.1, 0.15) is 23.6 Å². The van der Waals surface area contributed by atoms with Crippen LogP contribution < -0.4 is 9.47 Å². The first-order valence-electron chi connectivity index (χ1n) is 9.42. The number of hydrogen-bond acceptors (Lipinski definition) is 5. The number of nitrogens with zero attached hydrogens (tertiary/aromatic N) is 1. The van der Waals surface area contributed by atoms with Gasteiger partial charge in [-0.1, -0.05) is 36.4 Å². The Hall–Kier alpha value is -3.38. The Balaban J connectivity index is 2.16. The summed E-state index contributed by atoms with van der Waals surface area (Å²) in [4.78, 5) is 4.46. The van der Waals surface area contributed by atoms with Crippen molar-refractivity contribution in [3.63, 3.8) is 0 Å². The molecule has 0 bridgehead atoms. The summed E-state index contributed by atoms with van der Waals surface area (Å²) in [6, 6.07) is 17.1. The second-order valence-electron chi connectivity index (χ2n) is 6.82. The Morgan fingerprint density at radius 2 is 1.47 bits per heavy atom. The number of rotatable bonds is 7. The number of ether oxygens (including phenoxy) is 2. The molecule has 5 nitrogen and oxygen atoms in total. The van der Waals surface area contributed by atoms with E-state index in [2.05, 4.69) is 4.99 Å². The van der Waals surface area contributed by atoms with Gasteiger partial charge in [0, 0.05) is 22.9 Å². The molecule has 0 saturated heterocycles. The summed E-state index contributed by atoms with van der Waals surface area (Å²) in [5.74, 6) is 0.375. The zero-order valence-corrected chi connectivity index (χ0v) is 17.0.